The Hall–Kier alpha value is -1.76. The van der Waals surface area contributed by atoms with Gasteiger partial charge in [-0.05, 0) is 50.5 Å². The second-order valence-electron chi connectivity index (χ2n) is 5.98. The number of ether oxygens (including phenoxy) is 1. The molecular weight excluding hydrogens is 309 g/mol. The van der Waals surface area contributed by atoms with Gasteiger partial charge in [0.2, 0.25) is 0 Å². The van der Waals surface area contributed by atoms with Gasteiger partial charge in [-0.15, -0.1) is 0 Å². The van der Waals surface area contributed by atoms with Gasteiger partial charge in [0.1, 0.15) is 0 Å². The van der Waals surface area contributed by atoms with E-state index in [0.717, 1.165) is 12.1 Å². The number of anilines is 1. The first-order valence-electron chi connectivity index (χ1n) is 7.61. The zero-order valence-electron chi connectivity index (χ0n) is 13.4. The lowest BCUT2D eigenvalue weighted by molar-refractivity contribution is -0.137. The third kappa shape index (κ3) is 3.60. The van der Waals surface area contributed by atoms with Crippen molar-refractivity contribution in [3.8, 4) is 0 Å². The van der Waals surface area contributed by atoms with Crippen LogP contribution in [0.3, 0.4) is 0 Å². The number of hydrogen-bond donors (Lipinski definition) is 1. The number of carbonyl (C=O) groups excluding carboxylic acids is 1. The topological polar surface area (TPSA) is 55.6 Å². The van der Waals surface area contributed by atoms with Crippen LogP contribution in [-0.2, 0) is 10.9 Å². The van der Waals surface area contributed by atoms with Crippen molar-refractivity contribution in [2.24, 2.45) is 5.73 Å². The molecule has 1 heterocycles. The Morgan fingerprint density at radius 3 is 2.61 bits per heavy atom. The Kier molecular flexibility index (Phi) is 4.89. The Bertz CT molecular complexity index is 587. The molecule has 0 aromatic heterocycles. The minimum Gasteiger partial charge on any atom is -0.446 e. The number of carbonyl (C=O) groups is 1. The first-order chi connectivity index (χ1) is 10.6. The molecule has 2 atom stereocenters. The molecule has 0 fully saturated rings. The Balaban J connectivity index is 2.48. The van der Waals surface area contributed by atoms with Crippen LogP contribution < -0.4 is 10.6 Å². The molecular formula is C16H21F3N2O2. The van der Waals surface area contributed by atoms with Gasteiger partial charge in [-0.1, -0.05) is 6.92 Å². The monoisotopic (exact) mass is 330 g/mol. The van der Waals surface area contributed by atoms with Crippen molar-refractivity contribution in [1.82, 2.24) is 0 Å². The summed E-state index contributed by atoms with van der Waals surface area (Å²) in [4.78, 5) is 13.8. The molecule has 2 rings (SSSR count). The molecule has 0 radical (unpaired) electrons. The molecule has 0 aliphatic carbocycles. The van der Waals surface area contributed by atoms with E-state index < -0.39 is 23.9 Å². The molecule has 1 aromatic carbocycles. The lowest BCUT2D eigenvalue weighted by Crippen LogP contribution is -2.46. The molecule has 0 saturated heterocycles. The molecule has 1 aromatic rings. The van der Waals surface area contributed by atoms with E-state index in [1.807, 2.05) is 6.92 Å². The average molecular weight is 330 g/mol. The van der Waals surface area contributed by atoms with Crippen molar-refractivity contribution in [2.45, 2.75) is 58.0 Å². The molecule has 0 saturated carbocycles. The number of hydrogen-bond acceptors (Lipinski definition) is 3. The van der Waals surface area contributed by atoms with Gasteiger partial charge in [-0.3, -0.25) is 4.90 Å². The number of amides is 1. The van der Waals surface area contributed by atoms with Crippen LogP contribution in [0.25, 0.3) is 0 Å². The molecule has 23 heavy (non-hydrogen) atoms. The molecule has 4 nitrogen and oxygen atoms in total. The van der Waals surface area contributed by atoms with Crippen LogP contribution in [0.2, 0.25) is 0 Å². The van der Waals surface area contributed by atoms with E-state index in [4.69, 9.17) is 10.5 Å². The van der Waals surface area contributed by atoms with Gasteiger partial charge in [0.25, 0.3) is 0 Å². The van der Waals surface area contributed by atoms with Crippen molar-refractivity contribution in [3.63, 3.8) is 0 Å². The zero-order valence-corrected chi connectivity index (χ0v) is 13.4. The minimum atomic E-state index is -4.44. The molecule has 0 bridgehead atoms. The van der Waals surface area contributed by atoms with Gasteiger partial charge in [-0.25, -0.2) is 4.79 Å². The van der Waals surface area contributed by atoms with E-state index in [0.29, 0.717) is 24.1 Å². The maximum Gasteiger partial charge on any atom is 0.416 e. The SMILES string of the molecule is CC[C@H]1C[C@@H](N)c2cc(C(F)(F)F)ccc2N1C(=O)OC(C)C. The quantitative estimate of drug-likeness (QED) is 0.882. The van der Waals surface area contributed by atoms with Gasteiger partial charge in [0.05, 0.1) is 17.4 Å². The van der Waals surface area contributed by atoms with Crippen LogP contribution >= 0.6 is 0 Å². The predicted octanol–water partition coefficient (Wildman–Crippen LogP) is 4.24. The predicted molar refractivity (Wildman–Crippen MR) is 81.2 cm³/mol. The molecule has 1 amide bonds. The van der Waals surface area contributed by atoms with Gasteiger partial charge in [0.15, 0.2) is 0 Å². The number of benzene rings is 1. The molecule has 1 aliphatic rings. The summed E-state index contributed by atoms with van der Waals surface area (Å²) >= 11 is 0. The number of alkyl halides is 3. The molecule has 0 spiro atoms. The first-order valence-corrected chi connectivity index (χ1v) is 7.61. The summed E-state index contributed by atoms with van der Waals surface area (Å²) in [6.07, 6.45) is -4.27. The summed E-state index contributed by atoms with van der Waals surface area (Å²) in [5.41, 5.74) is 6.00. The number of fused-ring (bicyclic) bond motifs is 1. The third-order valence-corrected chi connectivity index (χ3v) is 3.91. The van der Waals surface area contributed by atoms with Crippen LogP contribution in [0.5, 0.6) is 0 Å². The lowest BCUT2D eigenvalue weighted by Gasteiger charge is -2.39. The number of nitrogens with two attached hydrogens (primary N) is 1. The van der Waals surface area contributed by atoms with Crippen LogP contribution in [0, 0.1) is 0 Å². The molecule has 128 valence electrons. The summed E-state index contributed by atoms with van der Waals surface area (Å²) in [6.45, 7) is 5.35. The highest BCUT2D eigenvalue weighted by atomic mass is 19.4. The highest BCUT2D eigenvalue weighted by Crippen LogP contribution is 2.41. The summed E-state index contributed by atoms with van der Waals surface area (Å²) < 4.78 is 44.0. The standard InChI is InChI=1S/C16H21F3N2O2/c1-4-11-8-13(20)12-7-10(16(17,18)19)5-6-14(12)21(11)15(22)23-9(2)3/h5-7,9,11,13H,4,8,20H2,1-3H3/t11-,13+/m0/s1. The van der Waals surface area contributed by atoms with Crippen molar-refractivity contribution in [2.75, 3.05) is 4.90 Å². The summed E-state index contributed by atoms with van der Waals surface area (Å²) in [7, 11) is 0. The molecule has 7 heteroatoms. The maximum atomic E-state index is 12.9. The fraction of sp³-hybridized carbons (Fsp3) is 0.562. The number of rotatable bonds is 2. The second kappa shape index (κ2) is 6.39. The van der Waals surface area contributed by atoms with E-state index in [-0.39, 0.29) is 12.1 Å². The van der Waals surface area contributed by atoms with Crippen molar-refractivity contribution >= 4 is 11.8 Å². The van der Waals surface area contributed by atoms with Crippen LogP contribution in [0.15, 0.2) is 18.2 Å². The van der Waals surface area contributed by atoms with Gasteiger partial charge >= 0.3 is 12.3 Å². The molecule has 0 unspecified atom stereocenters. The number of nitrogens with zero attached hydrogens (tertiary/aromatic N) is 1. The Morgan fingerprint density at radius 2 is 2.09 bits per heavy atom. The van der Waals surface area contributed by atoms with Crippen molar-refractivity contribution < 1.29 is 22.7 Å². The minimum absolute atomic E-state index is 0.194. The summed E-state index contributed by atoms with van der Waals surface area (Å²) in [6, 6.07) is 2.57. The van der Waals surface area contributed by atoms with E-state index in [1.54, 1.807) is 13.8 Å². The maximum absolute atomic E-state index is 12.9. The number of halogens is 3. The molecule has 1 aliphatic heterocycles. The fourth-order valence-electron chi connectivity index (χ4n) is 2.82. The van der Waals surface area contributed by atoms with Crippen LogP contribution in [0.1, 0.15) is 50.8 Å². The fourth-order valence-corrected chi connectivity index (χ4v) is 2.82. The van der Waals surface area contributed by atoms with Crippen molar-refractivity contribution in [1.29, 1.82) is 0 Å². The van der Waals surface area contributed by atoms with E-state index in [2.05, 4.69) is 0 Å². The normalized spacial score (nSPS) is 21.3. The van der Waals surface area contributed by atoms with Crippen LogP contribution in [-0.4, -0.2) is 18.2 Å². The zero-order chi connectivity index (χ0) is 17.4. The van der Waals surface area contributed by atoms with E-state index in [9.17, 15) is 18.0 Å². The van der Waals surface area contributed by atoms with Gasteiger partial charge in [0, 0.05) is 12.1 Å². The highest BCUT2D eigenvalue weighted by molar-refractivity contribution is 5.90. The second-order valence-corrected chi connectivity index (χ2v) is 5.98. The lowest BCUT2D eigenvalue weighted by atomic mass is 9.89. The van der Waals surface area contributed by atoms with Crippen LogP contribution in [0.4, 0.5) is 23.7 Å². The van der Waals surface area contributed by atoms with E-state index >= 15 is 0 Å². The summed E-state index contributed by atoms with van der Waals surface area (Å²) in [5.74, 6) is 0. The highest BCUT2D eigenvalue weighted by Gasteiger charge is 2.38. The Labute approximate surface area is 133 Å². The van der Waals surface area contributed by atoms with Gasteiger partial charge < -0.3 is 10.5 Å². The largest absolute Gasteiger partial charge is 0.446 e. The first kappa shape index (κ1) is 17.6. The van der Waals surface area contributed by atoms with Crippen molar-refractivity contribution in [3.05, 3.63) is 29.3 Å². The average Bonchev–Trinajstić information content (AvgIpc) is 2.44. The molecule has 2 N–H and O–H groups in total. The third-order valence-electron chi connectivity index (χ3n) is 3.91. The van der Waals surface area contributed by atoms with E-state index in [1.165, 1.54) is 11.0 Å². The smallest absolute Gasteiger partial charge is 0.416 e. The van der Waals surface area contributed by atoms with Gasteiger partial charge in [-0.2, -0.15) is 13.2 Å². The summed E-state index contributed by atoms with van der Waals surface area (Å²) in [5, 5.41) is 0. The Morgan fingerprint density at radius 1 is 1.43 bits per heavy atom.